The minimum Gasteiger partial charge on any atom is -0.384 e. The summed E-state index contributed by atoms with van der Waals surface area (Å²) in [6.45, 7) is 5.49. The smallest absolute Gasteiger partial charge is 0.273 e. The number of hydrogen-bond donors (Lipinski definition) is 1. The third kappa shape index (κ3) is 3.37. The molecule has 8 nitrogen and oxygen atoms in total. The molecule has 0 aliphatic carbocycles. The van der Waals surface area contributed by atoms with Crippen LogP contribution in [0.3, 0.4) is 0 Å². The van der Waals surface area contributed by atoms with Crippen LogP contribution in [0.5, 0.6) is 0 Å². The van der Waals surface area contributed by atoms with Crippen LogP contribution in [-0.2, 0) is 9.84 Å². The Morgan fingerprint density at radius 2 is 2.04 bits per heavy atom. The highest BCUT2D eigenvalue weighted by Gasteiger charge is 2.31. The van der Waals surface area contributed by atoms with Gasteiger partial charge in [0.25, 0.3) is 5.56 Å². The molecule has 0 amide bonds. The third-order valence-corrected chi connectivity index (χ3v) is 6.17. The van der Waals surface area contributed by atoms with Crippen LogP contribution < -0.4 is 11.3 Å². The van der Waals surface area contributed by atoms with E-state index < -0.39 is 9.84 Å². The van der Waals surface area contributed by atoms with E-state index in [9.17, 15) is 13.2 Å². The van der Waals surface area contributed by atoms with Crippen LogP contribution in [0.4, 0.5) is 5.82 Å². The van der Waals surface area contributed by atoms with Crippen LogP contribution in [0.25, 0.3) is 0 Å². The van der Waals surface area contributed by atoms with E-state index in [1.165, 1.54) is 6.07 Å². The second-order valence-corrected chi connectivity index (χ2v) is 8.67. The number of nitrogens with two attached hydrogens (primary N) is 1. The predicted octanol–water partition coefficient (Wildman–Crippen LogP) is 0.794. The van der Waals surface area contributed by atoms with Gasteiger partial charge in [0.05, 0.1) is 29.5 Å². The van der Waals surface area contributed by atoms with Crippen molar-refractivity contribution >= 4 is 21.9 Å². The summed E-state index contributed by atoms with van der Waals surface area (Å²) in [4.78, 5) is 12.0. The van der Waals surface area contributed by atoms with Gasteiger partial charge < -0.3 is 5.73 Å². The maximum atomic E-state index is 12.0. The van der Waals surface area contributed by atoms with Gasteiger partial charge in [-0.15, -0.1) is 0 Å². The molecule has 1 aliphatic rings. The normalized spacial score (nSPS) is 19.7. The Bertz CT molecular complexity index is 1020. The van der Waals surface area contributed by atoms with Gasteiger partial charge >= 0.3 is 0 Å². The van der Waals surface area contributed by atoms with Gasteiger partial charge in [-0.25, -0.2) is 8.42 Å². The number of nitrogens with zero attached hydrogens (tertiary/aromatic N) is 4. The standard InChI is InChI=1S/C16H21N5O3S/c1-10-6-15(17)21(16(22)7-10)18-8-14-11(2)19-20(12(14)3)13-4-5-25(23,24)9-13/h6-8,13H,4-5,9,17H2,1-3H3/b18-8-/t13-/m1/s1. The molecule has 0 radical (unpaired) electrons. The van der Waals surface area contributed by atoms with E-state index in [0.29, 0.717) is 6.42 Å². The first-order valence-electron chi connectivity index (χ1n) is 7.97. The van der Waals surface area contributed by atoms with Crippen molar-refractivity contribution in [3.8, 4) is 0 Å². The summed E-state index contributed by atoms with van der Waals surface area (Å²) >= 11 is 0. The molecule has 1 fully saturated rings. The van der Waals surface area contributed by atoms with Crippen LogP contribution in [0.2, 0.25) is 0 Å². The van der Waals surface area contributed by atoms with Gasteiger partial charge in [-0.05, 0) is 38.8 Å². The van der Waals surface area contributed by atoms with E-state index in [2.05, 4.69) is 10.2 Å². The van der Waals surface area contributed by atoms with Crippen molar-refractivity contribution in [3.05, 3.63) is 45.0 Å². The average Bonchev–Trinajstić information content (AvgIpc) is 2.99. The third-order valence-electron chi connectivity index (χ3n) is 4.42. The van der Waals surface area contributed by atoms with E-state index in [4.69, 9.17) is 5.73 Å². The van der Waals surface area contributed by atoms with E-state index in [1.807, 2.05) is 13.8 Å². The molecule has 0 bridgehead atoms. The number of rotatable bonds is 3. The van der Waals surface area contributed by atoms with Crippen LogP contribution in [0, 0.1) is 20.8 Å². The van der Waals surface area contributed by atoms with Crippen molar-refractivity contribution in [2.75, 3.05) is 17.2 Å². The van der Waals surface area contributed by atoms with Gasteiger partial charge in [0.1, 0.15) is 5.82 Å². The van der Waals surface area contributed by atoms with Gasteiger partial charge in [-0.2, -0.15) is 14.9 Å². The maximum Gasteiger partial charge on any atom is 0.273 e. The fourth-order valence-corrected chi connectivity index (χ4v) is 4.84. The summed E-state index contributed by atoms with van der Waals surface area (Å²) in [5, 5.41) is 8.66. The SMILES string of the molecule is Cc1cc(N)n(/N=C\c2c(C)nn([C@@H]3CCS(=O)(=O)C3)c2C)c(=O)c1. The number of aryl methyl sites for hydroxylation is 2. The molecule has 2 aromatic rings. The Labute approximate surface area is 145 Å². The molecule has 0 saturated carbocycles. The lowest BCUT2D eigenvalue weighted by Gasteiger charge is -2.10. The molecule has 1 atom stereocenters. The molecule has 2 aromatic heterocycles. The summed E-state index contributed by atoms with van der Waals surface area (Å²) < 4.78 is 26.3. The topological polar surface area (TPSA) is 112 Å². The van der Waals surface area contributed by atoms with Gasteiger partial charge in [-0.3, -0.25) is 9.48 Å². The Morgan fingerprint density at radius 3 is 2.64 bits per heavy atom. The molecule has 9 heteroatoms. The molecule has 0 aromatic carbocycles. The number of anilines is 1. The minimum absolute atomic E-state index is 0.107. The van der Waals surface area contributed by atoms with Gasteiger partial charge in [0.2, 0.25) is 0 Å². The molecule has 1 aliphatic heterocycles. The fourth-order valence-electron chi connectivity index (χ4n) is 3.14. The van der Waals surface area contributed by atoms with Gasteiger partial charge in [0, 0.05) is 17.3 Å². The summed E-state index contributed by atoms with van der Waals surface area (Å²) in [5.41, 5.74) is 8.63. The summed E-state index contributed by atoms with van der Waals surface area (Å²) in [5.74, 6) is 0.552. The van der Waals surface area contributed by atoms with Crippen molar-refractivity contribution in [3.63, 3.8) is 0 Å². The molecule has 3 heterocycles. The number of aromatic nitrogens is 3. The fraction of sp³-hybridized carbons (Fsp3) is 0.438. The van der Waals surface area contributed by atoms with Gasteiger partial charge in [-0.1, -0.05) is 0 Å². The molecule has 134 valence electrons. The lowest BCUT2D eigenvalue weighted by atomic mass is 10.2. The van der Waals surface area contributed by atoms with E-state index in [-0.39, 0.29) is 28.9 Å². The Hall–Kier alpha value is -2.42. The van der Waals surface area contributed by atoms with Gasteiger partial charge in [0.15, 0.2) is 9.84 Å². The summed E-state index contributed by atoms with van der Waals surface area (Å²) in [6, 6.07) is 2.98. The highest BCUT2D eigenvalue weighted by molar-refractivity contribution is 7.91. The predicted molar refractivity (Wildman–Crippen MR) is 96.9 cm³/mol. The zero-order chi connectivity index (χ0) is 18.4. The van der Waals surface area contributed by atoms with E-state index >= 15 is 0 Å². The van der Waals surface area contributed by atoms with Crippen molar-refractivity contribution < 1.29 is 8.42 Å². The summed E-state index contributed by atoms with van der Waals surface area (Å²) in [6.07, 6.45) is 2.11. The van der Waals surface area contributed by atoms with Crippen molar-refractivity contribution in [2.24, 2.45) is 5.10 Å². The summed E-state index contributed by atoms with van der Waals surface area (Å²) in [7, 11) is -2.99. The van der Waals surface area contributed by atoms with Crippen LogP contribution in [0.1, 0.15) is 35.0 Å². The number of sulfone groups is 1. The van der Waals surface area contributed by atoms with Crippen LogP contribution in [0.15, 0.2) is 22.0 Å². The highest BCUT2D eigenvalue weighted by atomic mass is 32.2. The Morgan fingerprint density at radius 1 is 1.32 bits per heavy atom. The lowest BCUT2D eigenvalue weighted by Crippen LogP contribution is -2.19. The Kier molecular flexibility index (Phi) is 4.28. The second-order valence-electron chi connectivity index (χ2n) is 6.44. The number of hydrogen-bond acceptors (Lipinski definition) is 6. The average molecular weight is 363 g/mol. The highest BCUT2D eigenvalue weighted by Crippen LogP contribution is 2.26. The van der Waals surface area contributed by atoms with E-state index in [0.717, 1.165) is 27.2 Å². The first kappa shape index (κ1) is 17.4. The molecule has 0 unspecified atom stereocenters. The quantitative estimate of drug-likeness (QED) is 0.810. The van der Waals surface area contributed by atoms with Crippen molar-refractivity contribution in [1.29, 1.82) is 0 Å². The minimum atomic E-state index is -2.99. The molecular formula is C16H21N5O3S. The van der Waals surface area contributed by atoms with Crippen LogP contribution >= 0.6 is 0 Å². The molecule has 1 saturated heterocycles. The zero-order valence-corrected chi connectivity index (χ0v) is 15.2. The van der Waals surface area contributed by atoms with Crippen molar-refractivity contribution in [2.45, 2.75) is 33.2 Å². The molecule has 2 N–H and O–H groups in total. The van der Waals surface area contributed by atoms with Crippen LogP contribution in [-0.4, -0.2) is 40.6 Å². The Balaban J connectivity index is 1.96. The van der Waals surface area contributed by atoms with E-state index in [1.54, 1.807) is 23.9 Å². The largest absolute Gasteiger partial charge is 0.384 e. The number of nitrogen functional groups attached to an aromatic ring is 1. The zero-order valence-electron chi connectivity index (χ0n) is 14.4. The molecule has 25 heavy (non-hydrogen) atoms. The molecule has 0 spiro atoms. The monoisotopic (exact) mass is 363 g/mol. The number of pyridine rings is 1. The van der Waals surface area contributed by atoms with Crippen molar-refractivity contribution in [1.82, 2.24) is 14.5 Å². The first-order chi connectivity index (χ1) is 11.7. The maximum absolute atomic E-state index is 12.0. The molecular weight excluding hydrogens is 342 g/mol. The molecule has 3 rings (SSSR count). The lowest BCUT2D eigenvalue weighted by molar-refractivity contribution is 0.486. The first-order valence-corrected chi connectivity index (χ1v) is 9.80. The second kappa shape index (κ2) is 6.14.